The molecule has 0 atom stereocenters. The Morgan fingerprint density at radius 1 is 0.236 bits per heavy atom. The summed E-state index contributed by atoms with van der Waals surface area (Å²) in [5, 5.41) is 2.23. The number of anilines is 9. The molecule has 4 aliphatic heterocycles. The first-order valence-corrected chi connectivity index (χ1v) is 45.6. The summed E-state index contributed by atoms with van der Waals surface area (Å²) in [4.78, 5) is 8.08. The molecule has 0 saturated carbocycles. The maximum atomic E-state index is 8.35. The van der Waals surface area contributed by atoms with Gasteiger partial charge in [-0.3, -0.25) is 0 Å². The van der Waals surface area contributed by atoms with Gasteiger partial charge in [0.05, 0.1) is 22.5 Å². The summed E-state index contributed by atoms with van der Waals surface area (Å²) >= 11 is 0. The Kier molecular flexibility index (Phi) is 17.3. The van der Waals surface area contributed by atoms with Gasteiger partial charge in [-0.2, -0.15) is 0 Å². The van der Waals surface area contributed by atoms with Gasteiger partial charge in [0.25, 0.3) is 13.4 Å². The van der Waals surface area contributed by atoms with Crippen LogP contribution in [0.5, 0.6) is 11.5 Å². The fourth-order valence-electron chi connectivity index (χ4n) is 22.3. The first-order valence-electron chi connectivity index (χ1n) is 45.6. The number of nitrogens with zero attached hydrogens (tertiary/aromatic N) is 3. The normalized spacial score (nSPS) is 14.1. The number of benzene rings is 17. The smallest absolute Gasteiger partial charge is 0.256 e. The van der Waals surface area contributed by atoms with Crippen molar-refractivity contribution in [3.8, 4) is 89.4 Å². The van der Waals surface area contributed by atoms with Crippen molar-refractivity contribution in [3.05, 3.63) is 402 Å². The van der Waals surface area contributed by atoms with E-state index in [-0.39, 0.29) is 40.5 Å². The number of hydrogen-bond donors (Lipinski definition) is 0. The van der Waals surface area contributed by atoms with Crippen molar-refractivity contribution in [1.29, 1.82) is 0 Å². The predicted octanol–water partition coefficient (Wildman–Crippen LogP) is 28.5. The zero-order valence-corrected chi connectivity index (χ0v) is 75.4. The second kappa shape index (κ2) is 28.2. The molecule has 23 rings (SSSR count). The molecule has 127 heavy (non-hydrogen) atoms. The van der Waals surface area contributed by atoms with E-state index in [1.807, 2.05) is 0 Å². The molecule has 17 aromatic carbocycles. The van der Waals surface area contributed by atoms with Crippen LogP contribution < -0.4 is 52.2 Å². The summed E-state index contributed by atoms with van der Waals surface area (Å²) < 4.78 is 8.35. The molecule has 614 valence electrons. The topological polar surface area (TPSA) is 19.0 Å². The molecule has 2 aliphatic carbocycles. The minimum Gasteiger partial charge on any atom is -0.458 e. The van der Waals surface area contributed by atoms with E-state index in [1.54, 1.807) is 0 Å². The summed E-state index contributed by atoms with van der Waals surface area (Å²) in [5.41, 5.74) is 44.3. The highest BCUT2D eigenvalue weighted by atomic mass is 16.5. The number of ether oxygens (including phenoxy) is 1. The fourth-order valence-corrected chi connectivity index (χ4v) is 22.3. The molecule has 4 heterocycles. The van der Waals surface area contributed by atoms with Gasteiger partial charge in [-0.25, -0.2) is 0 Å². The second-order valence-corrected chi connectivity index (χ2v) is 41.5. The minimum atomic E-state index is -0.574. The maximum Gasteiger partial charge on any atom is 0.256 e. The van der Waals surface area contributed by atoms with Crippen LogP contribution in [0.1, 0.15) is 154 Å². The lowest BCUT2D eigenvalue weighted by atomic mass is 9.30. The highest BCUT2D eigenvalue weighted by Crippen LogP contribution is 2.66. The first-order chi connectivity index (χ1) is 61.2. The monoisotopic (exact) mass is 1640 g/mol. The van der Waals surface area contributed by atoms with Crippen molar-refractivity contribution in [3.63, 3.8) is 0 Å². The van der Waals surface area contributed by atoms with Crippen molar-refractivity contribution in [2.45, 2.75) is 136 Å². The molecule has 0 saturated heterocycles. The average molecular weight is 1640 g/mol. The van der Waals surface area contributed by atoms with Crippen LogP contribution in [0.15, 0.2) is 352 Å². The van der Waals surface area contributed by atoms with E-state index in [1.165, 1.54) is 128 Å². The van der Waals surface area contributed by atoms with Crippen LogP contribution in [-0.2, 0) is 32.5 Å². The number of fused-ring (bicyclic) bond motifs is 20. The molecule has 0 amide bonds. The van der Waals surface area contributed by atoms with Gasteiger partial charge >= 0.3 is 0 Å². The molecule has 4 nitrogen and oxygen atoms in total. The minimum absolute atomic E-state index is 0.177. The second-order valence-electron chi connectivity index (χ2n) is 41.5. The van der Waals surface area contributed by atoms with Crippen LogP contribution in [-0.4, -0.2) is 13.4 Å². The molecule has 1 spiro atoms. The Bertz CT molecular complexity index is 7240. The first kappa shape index (κ1) is 78.1. The summed E-state index contributed by atoms with van der Waals surface area (Å²) in [5.74, 6) is 1.69. The quantitative estimate of drug-likeness (QED) is 0.141. The van der Waals surface area contributed by atoms with Gasteiger partial charge in [-0.05, 0) is 244 Å². The molecule has 6 heteroatoms. The summed E-state index contributed by atoms with van der Waals surface area (Å²) in [6.45, 7) is 35.0. The van der Waals surface area contributed by atoms with Crippen molar-refractivity contribution < 1.29 is 4.74 Å². The lowest BCUT2D eigenvalue weighted by molar-refractivity contribution is 0.488. The summed E-state index contributed by atoms with van der Waals surface area (Å²) in [7, 11) is 0. The van der Waals surface area contributed by atoms with Gasteiger partial charge in [-0.15, -0.1) is 0 Å². The van der Waals surface area contributed by atoms with Crippen LogP contribution in [0.4, 0.5) is 51.2 Å². The lowest BCUT2D eigenvalue weighted by Crippen LogP contribution is -2.64. The van der Waals surface area contributed by atoms with Crippen molar-refractivity contribution >= 4 is 108 Å². The highest BCUT2D eigenvalue weighted by Gasteiger charge is 2.54. The molecule has 0 N–H and O–H groups in total. The van der Waals surface area contributed by atoms with Crippen LogP contribution in [0.3, 0.4) is 0 Å². The maximum absolute atomic E-state index is 8.35. The number of rotatable bonds is 8. The summed E-state index contributed by atoms with van der Waals surface area (Å²) in [6.07, 6.45) is 0. The number of hydrogen-bond acceptors (Lipinski definition) is 4. The largest absolute Gasteiger partial charge is 0.458 e. The van der Waals surface area contributed by atoms with Crippen LogP contribution in [0, 0.1) is 0 Å². The lowest BCUT2D eigenvalue weighted by Gasteiger charge is -2.47. The van der Waals surface area contributed by atoms with Crippen molar-refractivity contribution in [2.75, 3.05) is 14.7 Å². The van der Waals surface area contributed by atoms with Crippen LogP contribution >= 0.6 is 0 Å². The SMILES string of the molecule is CC(C)(C)c1cc(N2c3cc4c(cc3B3c5ccccc5N(c5c(-c6ccccc6)cc(C(C)(C)C)cc5-c5ccccc5)c5cc(C(C)(C)C)cc2c53)B2c3ccccc3N(c3c(-c5ccccc5)cc(C(C)(C)C)cc3-c3ccccc3)c3c2c(cc2cc(-c5cccc6c5C5(c7ccccc7-c7ccccc75)c5ccccc5-6)ccc32)O4)cc(C(C)(C)C)c1. The molecule has 0 radical (unpaired) electrons. The predicted molar refractivity (Wildman–Crippen MR) is 541 cm³/mol. The van der Waals surface area contributed by atoms with E-state index in [2.05, 4.69) is 470 Å². The Hall–Kier alpha value is -13.7. The third-order valence-electron chi connectivity index (χ3n) is 28.6. The van der Waals surface area contributed by atoms with E-state index in [4.69, 9.17) is 4.74 Å². The van der Waals surface area contributed by atoms with Crippen molar-refractivity contribution in [2.24, 2.45) is 0 Å². The van der Waals surface area contributed by atoms with Gasteiger partial charge in [0.15, 0.2) is 0 Å². The Morgan fingerprint density at radius 3 is 1.10 bits per heavy atom. The van der Waals surface area contributed by atoms with Crippen LogP contribution in [0.2, 0.25) is 0 Å². The zero-order chi connectivity index (χ0) is 86.9. The molecular formula is C121H103B2N3O. The molecule has 0 bridgehead atoms. The van der Waals surface area contributed by atoms with Gasteiger partial charge in [0.2, 0.25) is 0 Å². The van der Waals surface area contributed by atoms with E-state index in [0.29, 0.717) is 0 Å². The average Bonchev–Trinajstić information content (AvgIpc) is 1.56. The molecule has 6 aliphatic rings. The third kappa shape index (κ3) is 11.9. The number of para-hydroxylation sites is 2. The van der Waals surface area contributed by atoms with E-state index < -0.39 is 5.41 Å². The zero-order valence-electron chi connectivity index (χ0n) is 75.4. The van der Waals surface area contributed by atoms with E-state index in [0.717, 1.165) is 107 Å². The molecule has 0 fully saturated rings. The molecular weight excluding hydrogens is 1530 g/mol. The third-order valence-corrected chi connectivity index (χ3v) is 28.6. The van der Waals surface area contributed by atoms with Crippen molar-refractivity contribution in [1.82, 2.24) is 0 Å². The highest BCUT2D eigenvalue weighted by molar-refractivity contribution is 7.02. The molecule has 0 aromatic heterocycles. The van der Waals surface area contributed by atoms with E-state index in [9.17, 15) is 0 Å². The van der Waals surface area contributed by atoms with Gasteiger partial charge in [0.1, 0.15) is 11.5 Å². The summed E-state index contributed by atoms with van der Waals surface area (Å²) in [6, 6.07) is 136. The van der Waals surface area contributed by atoms with Crippen LogP contribution in [0.25, 0.3) is 88.7 Å². The Balaban J connectivity index is 0.831. The molecule has 17 aromatic rings. The van der Waals surface area contributed by atoms with Gasteiger partial charge < -0.3 is 19.4 Å². The molecule has 0 unspecified atom stereocenters. The van der Waals surface area contributed by atoms with E-state index >= 15 is 0 Å². The Labute approximate surface area is 750 Å². The van der Waals surface area contributed by atoms with Gasteiger partial charge in [-0.1, -0.05) is 377 Å². The van der Waals surface area contributed by atoms with Gasteiger partial charge in [0, 0.05) is 67.8 Å². The fraction of sp³-hybridized carbons (Fsp3) is 0.174. The Morgan fingerprint density at radius 2 is 0.622 bits per heavy atom. The standard InChI is InChI=1S/C121H103B2N3O/c1-116(2,3)80-63-81(117(4,5)6)65-85(64-80)124-105-73-108-102(72-101(105)122-99-55-34-36-57-103(99)125(107-71-84(120(13,14)15)70-106(124)111(107)122)113-92(74-39-20-16-21-40-74)66-82(118(7,8)9)67-93(113)75-41-22-17-23-42-75)123-100-56-35-37-58-104(100)126(114-94(76-43-24-18-25-44-76)68-83(119(10,11)12)69-95(114)77-45-26-19-27-46-77)115-87-60-59-78(61-79(87)62-109(127-108)112(115)123)86-50-38-51-91-90-49-30-33-54-98(90)121(110(86)91)96-52-31-28-47-88(96)89-48-29-32-53-97(89)121/h16-73H,1-15H3.